The minimum atomic E-state index is -0.405. The topological polar surface area (TPSA) is 72.9 Å². The molecule has 6 nitrogen and oxygen atoms in total. The van der Waals surface area contributed by atoms with Gasteiger partial charge in [-0.2, -0.15) is 0 Å². The number of hydrogen-bond donors (Lipinski definition) is 0. The molecule has 0 aromatic carbocycles. The highest BCUT2D eigenvalue weighted by molar-refractivity contribution is 5.80. The highest BCUT2D eigenvalue weighted by atomic mass is 16.5. The molecule has 0 saturated heterocycles. The summed E-state index contributed by atoms with van der Waals surface area (Å²) >= 11 is 0. The van der Waals surface area contributed by atoms with Crippen LogP contribution in [0.3, 0.4) is 0 Å². The lowest BCUT2D eigenvalue weighted by atomic mass is 10.2. The Labute approximate surface area is 107 Å². The van der Waals surface area contributed by atoms with Crippen molar-refractivity contribution in [1.29, 1.82) is 0 Å². The van der Waals surface area contributed by atoms with Crippen LogP contribution in [0.25, 0.3) is 0 Å². The quantitative estimate of drug-likeness (QED) is 0.587. The molecule has 0 radical (unpaired) electrons. The van der Waals surface area contributed by atoms with E-state index in [-0.39, 0.29) is 31.6 Å². The van der Waals surface area contributed by atoms with Gasteiger partial charge in [-0.05, 0) is 7.05 Å². The third-order valence-corrected chi connectivity index (χ3v) is 2.40. The molecule has 0 aliphatic carbocycles. The molecule has 0 aromatic rings. The summed E-state index contributed by atoms with van der Waals surface area (Å²) in [7, 11) is 1.73. The molecular formula is C12H21NO5. The van der Waals surface area contributed by atoms with E-state index in [9.17, 15) is 14.4 Å². The molecule has 104 valence electrons. The van der Waals surface area contributed by atoms with Crippen LogP contribution in [0.5, 0.6) is 0 Å². The summed E-state index contributed by atoms with van der Waals surface area (Å²) < 4.78 is 9.78. The third-order valence-electron chi connectivity index (χ3n) is 2.40. The summed E-state index contributed by atoms with van der Waals surface area (Å²) in [6.45, 7) is 4.82. The highest BCUT2D eigenvalue weighted by Gasteiger charge is 2.19. The summed E-state index contributed by atoms with van der Waals surface area (Å²) in [5.74, 6) is -0.732. The number of Topliss-reactive ketones (excluding diaryl/α,β-unsaturated/α-hetero) is 1. The van der Waals surface area contributed by atoms with Gasteiger partial charge in [-0.25, -0.2) is 0 Å². The van der Waals surface area contributed by atoms with Gasteiger partial charge in [0, 0.05) is 20.3 Å². The van der Waals surface area contributed by atoms with Crippen LogP contribution in [0.4, 0.5) is 0 Å². The molecule has 0 atom stereocenters. The van der Waals surface area contributed by atoms with Gasteiger partial charge in [-0.15, -0.1) is 0 Å². The maximum absolute atomic E-state index is 11.3. The van der Waals surface area contributed by atoms with E-state index in [1.54, 1.807) is 18.9 Å². The molecule has 0 aromatic heterocycles. The largest absolute Gasteiger partial charge is 0.464 e. The van der Waals surface area contributed by atoms with Crippen molar-refractivity contribution in [3.8, 4) is 0 Å². The van der Waals surface area contributed by atoms with Crippen LogP contribution in [0, 0.1) is 0 Å². The predicted molar refractivity (Wildman–Crippen MR) is 65.0 cm³/mol. The first-order valence-electron chi connectivity index (χ1n) is 5.85. The molecular weight excluding hydrogens is 238 g/mol. The second-order valence-corrected chi connectivity index (χ2v) is 4.07. The lowest BCUT2D eigenvalue weighted by Gasteiger charge is -2.26. The molecule has 0 rings (SSSR count). The van der Waals surface area contributed by atoms with Gasteiger partial charge in [0.15, 0.2) is 0 Å². The zero-order chi connectivity index (χ0) is 14.1. The number of likely N-dealkylation sites (N-methyl/N-ethyl adjacent to an activating group) is 1. The van der Waals surface area contributed by atoms with E-state index in [0.29, 0.717) is 6.42 Å². The van der Waals surface area contributed by atoms with Gasteiger partial charge < -0.3 is 9.47 Å². The number of ketones is 1. The number of carbonyl (C=O) groups excluding carboxylic acids is 3. The average molecular weight is 259 g/mol. The Bertz CT molecular complexity index is 285. The first-order valence-corrected chi connectivity index (χ1v) is 5.85. The molecule has 0 fully saturated rings. The lowest BCUT2D eigenvalue weighted by Crippen LogP contribution is -2.42. The molecule has 0 spiro atoms. The van der Waals surface area contributed by atoms with E-state index >= 15 is 0 Å². The monoisotopic (exact) mass is 259 g/mol. The third kappa shape index (κ3) is 7.78. The zero-order valence-corrected chi connectivity index (χ0v) is 11.4. The summed E-state index contributed by atoms with van der Waals surface area (Å²) in [6.07, 6.45) is 0.443. The van der Waals surface area contributed by atoms with Crippen molar-refractivity contribution in [1.82, 2.24) is 4.90 Å². The standard InChI is InChI=1S/C12H21NO5/c1-5-12(16)6-13(4)11(7-17-9(2)14)8-18-10(3)15/h11H,5-8H2,1-4H3. The van der Waals surface area contributed by atoms with E-state index in [0.717, 1.165) is 0 Å². The summed E-state index contributed by atoms with van der Waals surface area (Å²) in [6, 6.07) is -0.312. The maximum atomic E-state index is 11.3. The van der Waals surface area contributed by atoms with E-state index in [1.807, 2.05) is 0 Å². The Morgan fingerprint density at radius 3 is 1.83 bits per heavy atom. The molecule has 0 saturated carbocycles. The first kappa shape index (κ1) is 16.6. The van der Waals surface area contributed by atoms with Crippen LogP contribution in [-0.2, 0) is 23.9 Å². The van der Waals surface area contributed by atoms with Gasteiger partial charge in [0.05, 0.1) is 12.6 Å². The van der Waals surface area contributed by atoms with E-state index < -0.39 is 11.9 Å². The minimum Gasteiger partial charge on any atom is -0.464 e. The second kappa shape index (κ2) is 8.63. The molecule has 0 bridgehead atoms. The lowest BCUT2D eigenvalue weighted by molar-refractivity contribution is -0.146. The van der Waals surface area contributed by atoms with Crippen LogP contribution in [0.1, 0.15) is 27.2 Å². The highest BCUT2D eigenvalue weighted by Crippen LogP contribution is 2.01. The van der Waals surface area contributed by atoms with Crippen molar-refractivity contribution in [2.24, 2.45) is 0 Å². The number of ether oxygens (including phenoxy) is 2. The van der Waals surface area contributed by atoms with Crippen molar-refractivity contribution in [3.63, 3.8) is 0 Å². The Kier molecular flexibility index (Phi) is 7.94. The number of esters is 2. The number of carbonyl (C=O) groups is 3. The maximum Gasteiger partial charge on any atom is 0.302 e. The summed E-state index contributed by atoms with van der Waals surface area (Å²) in [4.78, 5) is 34.6. The predicted octanol–water partition coefficient (Wildman–Crippen LogP) is 0.392. The van der Waals surface area contributed by atoms with Gasteiger partial charge in [-0.3, -0.25) is 19.3 Å². The Morgan fingerprint density at radius 2 is 1.50 bits per heavy atom. The average Bonchev–Trinajstić information content (AvgIpc) is 2.27. The fourth-order valence-corrected chi connectivity index (χ4v) is 1.25. The number of nitrogens with zero attached hydrogens (tertiary/aromatic N) is 1. The normalized spacial score (nSPS) is 10.6. The van der Waals surface area contributed by atoms with Gasteiger partial charge in [0.2, 0.25) is 0 Å². The van der Waals surface area contributed by atoms with Crippen LogP contribution >= 0.6 is 0 Å². The SMILES string of the molecule is CCC(=O)CN(C)C(COC(C)=O)COC(C)=O. The van der Waals surface area contributed by atoms with E-state index in [1.165, 1.54) is 13.8 Å². The second-order valence-electron chi connectivity index (χ2n) is 4.07. The molecule has 6 heteroatoms. The molecule has 0 heterocycles. The van der Waals surface area contributed by atoms with Crippen LogP contribution < -0.4 is 0 Å². The molecule has 0 unspecified atom stereocenters. The van der Waals surface area contributed by atoms with Crippen molar-refractivity contribution in [3.05, 3.63) is 0 Å². The van der Waals surface area contributed by atoms with Crippen LogP contribution in [0.2, 0.25) is 0 Å². The zero-order valence-electron chi connectivity index (χ0n) is 11.4. The van der Waals surface area contributed by atoms with Crippen molar-refractivity contribution < 1.29 is 23.9 Å². The molecule has 0 amide bonds. The molecule has 0 N–H and O–H groups in total. The minimum absolute atomic E-state index is 0.0770. The molecule has 0 aliphatic rings. The van der Waals surface area contributed by atoms with Gasteiger partial charge in [-0.1, -0.05) is 6.92 Å². The van der Waals surface area contributed by atoms with Gasteiger partial charge >= 0.3 is 11.9 Å². The smallest absolute Gasteiger partial charge is 0.302 e. The fourth-order valence-electron chi connectivity index (χ4n) is 1.25. The number of rotatable bonds is 8. The first-order chi connectivity index (χ1) is 8.36. The van der Waals surface area contributed by atoms with Gasteiger partial charge in [0.25, 0.3) is 0 Å². The molecule has 18 heavy (non-hydrogen) atoms. The van der Waals surface area contributed by atoms with Crippen molar-refractivity contribution in [2.45, 2.75) is 33.2 Å². The van der Waals surface area contributed by atoms with E-state index in [4.69, 9.17) is 9.47 Å². The van der Waals surface area contributed by atoms with E-state index in [2.05, 4.69) is 0 Å². The Hall–Kier alpha value is -1.43. The van der Waals surface area contributed by atoms with Crippen molar-refractivity contribution >= 4 is 17.7 Å². The number of hydrogen-bond acceptors (Lipinski definition) is 6. The van der Waals surface area contributed by atoms with Crippen LogP contribution in [-0.4, -0.2) is 55.5 Å². The Morgan fingerprint density at radius 1 is 1.06 bits per heavy atom. The summed E-state index contributed by atoms with van der Waals surface area (Å²) in [5, 5.41) is 0. The Balaban J connectivity index is 4.37. The van der Waals surface area contributed by atoms with Gasteiger partial charge in [0.1, 0.15) is 19.0 Å². The van der Waals surface area contributed by atoms with Crippen molar-refractivity contribution in [2.75, 3.05) is 26.8 Å². The molecule has 0 aliphatic heterocycles. The summed E-state index contributed by atoms with van der Waals surface area (Å²) in [5.41, 5.74) is 0. The van der Waals surface area contributed by atoms with Crippen LogP contribution in [0.15, 0.2) is 0 Å². The fraction of sp³-hybridized carbons (Fsp3) is 0.750.